The molecule has 0 saturated carbocycles. The quantitative estimate of drug-likeness (QED) is 0.110. The van der Waals surface area contributed by atoms with Crippen molar-refractivity contribution >= 4 is 12.3 Å². The summed E-state index contributed by atoms with van der Waals surface area (Å²) in [6.45, 7) is 3.55. The van der Waals surface area contributed by atoms with Crippen LogP contribution in [0, 0.1) is 6.92 Å². The van der Waals surface area contributed by atoms with E-state index in [4.69, 9.17) is 9.82 Å². The lowest BCUT2D eigenvalue weighted by Gasteiger charge is -2.12. The lowest BCUT2D eigenvalue weighted by atomic mass is 10.0. The third-order valence-corrected chi connectivity index (χ3v) is 5.97. The van der Waals surface area contributed by atoms with Crippen LogP contribution >= 0.6 is 0 Å². The van der Waals surface area contributed by atoms with E-state index in [-0.39, 0.29) is 0 Å². The number of hydrogen-bond donors (Lipinski definition) is 1. The molecule has 0 saturated heterocycles. The SMILES string of the molecule is Cc1nc(-c2ccccc2)c(-c2ccccc2)n1CCCCCCNC(=O)O/N=C/c1ccccc1. The molecular weight excluding hydrogens is 448 g/mol. The minimum atomic E-state index is -0.530. The van der Waals surface area contributed by atoms with Crippen LogP contribution in [0.1, 0.15) is 37.1 Å². The Morgan fingerprint density at radius 2 is 1.47 bits per heavy atom. The predicted molar refractivity (Wildman–Crippen MR) is 145 cm³/mol. The average Bonchev–Trinajstić information content (AvgIpc) is 3.25. The summed E-state index contributed by atoms with van der Waals surface area (Å²) in [7, 11) is 0. The zero-order valence-electron chi connectivity index (χ0n) is 20.6. The Labute approximate surface area is 212 Å². The van der Waals surface area contributed by atoms with E-state index in [1.165, 1.54) is 17.5 Å². The van der Waals surface area contributed by atoms with Crippen molar-refractivity contribution in [1.82, 2.24) is 14.9 Å². The van der Waals surface area contributed by atoms with Gasteiger partial charge >= 0.3 is 6.09 Å². The van der Waals surface area contributed by atoms with Gasteiger partial charge in [0.25, 0.3) is 0 Å². The first-order valence-electron chi connectivity index (χ1n) is 12.4. The van der Waals surface area contributed by atoms with Crippen LogP contribution in [-0.4, -0.2) is 28.4 Å². The molecule has 0 aliphatic heterocycles. The summed E-state index contributed by atoms with van der Waals surface area (Å²) in [4.78, 5) is 21.6. The fraction of sp³-hybridized carbons (Fsp3) is 0.233. The summed E-state index contributed by atoms with van der Waals surface area (Å²) in [6, 6.07) is 30.4. The van der Waals surface area contributed by atoms with Crippen LogP contribution in [0.5, 0.6) is 0 Å². The number of hydrogen-bond acceptors (Lipinski definition) is 4. The molecule has 4 rings (SSSR count). The van der Waals surface area contributed by atoms with Gasteiger partial charge in [0.1, 0.15) is 5.82 Å². The van der Waals surface area contributed by atoms with Crippen LogP contribution in [0.15, 0.2) is 96.2 Å². The molecule has 1 aromatic heterocycles. The second-order valence-corrected chi connectivity index (χ2v) is 8.60. The Morgan fingerprint density at radius 1 is 0.861 bits per heavy atom. The number of carbonyl (C=O) groups excluding carboxylic acids is 1. The van der Waals surface area contributed by atoms with Gasteiger partial charge in [-0.05, 0) is 25.3 Å². The Hall–Kier alpha value is -4.19. The number of aryl methyl sites for hydroxylation is 1. The molecule has 6 nitrogen and oxygen atoms in total. The molecule has 3 aromatic carbocycles. The second kappa shape index (κ2) is 13.0. The van der Waals surface area contributed by atoms with E-state index in [1.54, 1.807) is 0 Å². The van der Waals surface area contributed by atoms with Crippen molar-refractivity contribution < 1.29 is 9.63 Å². The summed E-state index contributed by atoms with van der Waals surface area (Å²) in [5.41, 5.74) is 5.38. The molecular formula is C30H32N4O2. The molecule has 0 radical (unpaired) electrons. The second-order valence-electron chi connectivity index (χ2n) is 8.60. The first-order chi connectivity index (χ1) is 17.7. The maximum Gasteiger partial charge on any atom is 0.433 e. The standard InChI is InChI=1S/C30H32N4O2/c1-24-33-28(26-17-9-5-10-18-26)29(27-19-11-6-12-20-27)34(24)22-14-3-2-13-21-31-30(35)36-32-23-25-15-7-4-8-16-25/h4-12,15-20,23H,2-3,13-14,21-22H2,1H3,(H,31,35)/b32-23+. The number of aromatic nitrogens is 2. The van der Waals surface area contributed by atoms with Crippen molar-refractivity contribution in [3.8, 4) is 22.5 Å². The monoisotopic (exact) mass is 480 g/mol. The molecule has 0 aliphatic rings. The maximum absolute atomic E-state index is 11.8. The molecule has 6 heteroatoms. The largest absolute Gasteiger partial charge is 0.433 e. The van der Waals surface area contributed by atoms with E-state index < -0.39 is 6.09 Å². The van der Waals surface area contributed by atoms with Gasteiger partial charge in [-0.15, -0.1) is 0 Å². The molecule has 0 spiro atoms. The predicted octanol–water partition coefficient (Wildman–Crippen LogP) is 6.85. The first kappa shape index (κ1) is 24.9. The van der Waals surface area contributed by atoms with Gasteiger partial charge in [-0.1, -0.05) is 109 Å². The van der Waals surface area contributed by atoms with Gasteiger partial charge in [-0.2, -0.15) is 0 Å². The summed E-state index contributed by atoms with van der Waals surface area (Å²) in [6.07, 6.45) is 5.00. The normalized spacial score (nSPS) is 11.0. The molecule has 0 fully saturated rings. The molecule has 184 valence electrons. The zero-order chi connectivity index (χ0) is 25.0. The van der Waals surface area contributed by atoms with E-state index in [0.29, 0.717) is 6.54 Å². The van der Waals surface area contributed by atoms with Crippen molar-refractivity contribution in [2.45, 2.75) is 39.2 Å². The number of amides is 1. The van der Waals surface area contributed by atoms with Crippen LogP contribution in [0.4, 0.5) is 4.79 Å². The lowest BCUT2D eigenvalue weighted by Crippen LogP contribution is -2.23. The highest BCUT2D eigenvalue weighted by Gasteiger charge is 2.17. The fourth-order valence-corrected chi connectivity index (χ4v) is 4.17. The summed E-state index contributed by atoms with van der Waals surface area (Å²) in [5.74, 6) is 1.02. The number of oxime groups is 1. The van der Waals surface area contributed by atoms with E-state index >= 15 is 0 Å². The number of carbonyl (C=O) groups is 1. The molecule has 0 bridgehead atoms. The Kier molecular flexibility index (Phi) is 9.03. The van der Waals surface area contributed by atoms with Gasteiger partial charge in [-0.3, -0.25) is 4.84 Å². The van der Waals surface area contributed by atoms with Gasteiger partial charge in [0.05, 0.1) is 17.6 Å². The Balaban J connectivity index is 1.25. The van der Waals surface area contributed by atoms with Gasteiger partial charge in [0, 0.05) is 24.2 Å². The van der Waals surface area contributed by atoms with Crippen molar-refractivity contribution in [2.75, 3.05) is 6.54 Å². The average molecular weight is 481 g/mol. The molecule has 36 heavy (non-hydrogen) atoms. The summed E-state index contributed by atoms with van der Waals surface area (Å²) < 4.78 is 2.33. The van der Waals surface area contributed by atoms with Crippen LogP contribution in [0.2, 0.25) is 0 Å². The number of nitrogens with zero attached hydrogens (tertiary/aromatic N) is 3. The van der Waals surface area contributed by atoms with Crippen LogP contribution in [0.25, 0.3) is 22.5 Å². The molecule has 0 atom stereocenters. The van der Waals surface area contributed by atoms with E-state index in [9.17, 15) is 4.79 Å². The molecule has 1 amide bonds. The number of benzene rings is 3. The van der Waals surface area contributed by atoms with Gasteiger partial charge in [-0.25, -0.2) is 9.78 Å². The van der Waals surface area contributed by atoms with E-state index in [1.807, 2.05) is 42.5 Å². The van der Waals surface area contributed by atoms with Gasteiger partial charge < -0.3 is 9.88 Å². The zero-order valence-corrected chi connectivity index (χ0v) is 20.6. The van der Waals surface area contributed by atoms with Gasteiger partial charge in [0.2, 0.25) is 0 Å². The van der Waals surface area contributed by atoms with Crippen LogP contribution in [0.3, 0.4) is 0 Å². The number of rotatable bonds is 11. The highest BCUT2D eigenvalue weighted by Crippen LogP contribution is 2.33. The van der Waals surface area contributed by atoms with Crippen molar-refractivity contribution in [3.63, 3.8) is 0 Å². The lowest BCUT2D eigenvalue weighted by molar-refractivity contribution is 0.151. The van der Waals surface area contributed by atoms with Crippen LogP contribution in [-0.2, 0) is 11.4 Å². The Morgan fingerprint density at radius 3 is 2.17 bits per heavy atom. The number of nitrogens with one attached hydrogen (secondary N) is 1. The smallest absolute Gasteiger partial charge is 0.328 e. The van der Waals surface area contributed by atoms with Gasteiger partial charge in [0.15, 0.2) is 0 Å². The fourth-order valence-electron chi connectivity index (χ4n) is 4.17. The van der Waals surface area contributed by atoms with E-state index in [0.717, 1.165) is 54.9 Å². The van der Waals surface area contributed by atoms with Crippen molar-refractivity contribution in [1.29, 1.82) is 0 Å². The molecule has 1 heterocycles. The van der Waals surface area contributed by atoms with E-state index in [2.05, 4.69) is 70.5 Å². The molecule has 1 N–H and O–H groups in total. The highest BCUT2D eigenvalue weighted by molar-refractivity contribution is 5.80. The van der Waals surface area contributed by atoms with Crippen molar-refractivity contribution in [2.24, 2.45) is 5.16 Å². The molecule has 0 aliphatic carbocycles. The third-order valence-electron chi connectivity index (χ3n) is 5.97. The summed E-state index contributed by atoms with van der Waals surface area (Å²) in [5, 5.41) is 6.47. The van der Waals surface area contributed by atoms with Crippen LogP contribution < -0.4 is 5.32 Å². The minimum Gasteiger partial charge on any atom is -0.328 e. The number of unbranched alkanes of at least 4 members (excludes halogenated alkanes) is 3. The topological polar surface area (TPSA) is 68.5 Å². The number of imidazole rings is 1. The minimum absolute atomic E-state index is 0.530. The van der Waals surface area contributed by atoms with Crippen molar-refractivity contribution in [3.05, 3.63) is 102 Å². The Bertz CT molecular complexity index is 1250. The third kappa shape index (κ3) is 6.92. The molecule has 0 unspecified atom stereocenters. The first-order valence-corrected chi connectivity index (χ1v) is 12.4. The molecule has 4 aromatic rings. The maximum atomic E-state index is 11.8. The highest BCUT2D eigenvalue weighted by atomic mass is 16.7. The summed E-state index contributed by atoms with van der Waals surface area (Å²) >= 11 is 0.